The van der Waals surface area contributed by atoms with Gasteiger partial charge in [0, 0.05) is 62.8 Å². The predicted molar refractivity (Wildman–Crippen MR) is 146 cm³/mol. The van der Waals surface area contributed by atoms with Gasteiger partial charge in [0.2, 0.25) is 11.8 Å². The van der Waals surface area contributed by atoms with Gasteiger partial charge in [0.1, 0.15) is 12.1 Å². The first-order valence-corrected chi connectivity index (χ1v) is 14.0. The summed E-state index contributed by atoms with van der Waals surface area (Å²) in [6, 6.07) is 7.51. The molecule has 1 aromatic heterocycles. The average Bonchev–Trinajstić information content (AvgIpc) is 3.22. The van der Waals surface area contributed by atoms with Crippen molar-refractivity contribution in [1.29, 1.82) is 0 Å². The van der Waals surface area contributed by atoms with Crippen molar-refractivity contribution >= 4 is 29.2 Å². The first-order valence-electron chi connectivity index (χ1n) is 13.6. The van der Waals surface area contributed by atoms with E-state index in [1.165, 1.54) is 6.33 Å². The Balaban J connectivity index is 1.26. The minimum absolute atomic E-state index is 0.102. The monoisotopic (exact) mass is 540 g/mol. The summed E-state index contributed by atoms with van der Waals surface area (Å²) in [5.41, 5.74) is 2.84. The molecule has 0 unspecified atom stereocenters. The van der Waals surface area contributed by atoms with Crippen LogP contribution in [0.2, 0.25) is 5.02 Å². The number of hydrogen-bond donors (Lipinski definition) is 2. The number of amides is 2. The topological polar surface area (TPSA) is 102 Å². The fourth-order valence-corrected chi connectivity index (χ4v) is 6.16. The maximum atomic E-state index is 13.8. The molecule has 38 heavy (non-hydrogen) atoms. The van der Waals surface area contributed by atoms with Crippen LogP contribution < -0.4 is 10.2 Å². The number of carbonyl (C=O) groups excluding carboxylic acids is 2. The van der Waals surface area contributed by atoms with E-state index in [4.69, 9.17) is 11.6 Å². The van der Waals surface area contributed by atoms with Gasteiger partial charge in [-0.25, -0.2) is 9.97 Å². The van der Waals surface area contributed by atoms with Gasteiger partial charge in [-0.1, -0.05) is 30.7 Å². The predicted octanol–water partition coefficient (Wildman–Crippen LogP) is 2.53. The molecule has 5 rings (SSSR count). The fourth-order valence-electron chi connectivity index (χ4n) is 6.03. The van der Waals surface area contributed by atoms with Gasteiger partial charge in [-0.2, -0.15) is 0 Å². The highest BCUT2D eigenvalue weighted by molar-refractivity contribution is 6.30. The Hall–Kier alpha value is -2.75. The van der Waals surface area contributed by atoms with E-state index in [9.17, 15) is 14.7 Å². The number of aromatic nitrogens is 2. The lowest BCUT2D eigenvalue weighted by Crippen LogP contribution is -2.57. The highest BCUT2D eigenvalue weighted by atomic mass is 35.5. The molecule has 1 aromatic carbocycles. The van der Waals surface area contributed by atoms with Crippen molar-refractivity contribution in [2.45, 2.75) is 63.6 Å². The zero-order chi connectivity index (χ0) is 26.8. The van der Waals surface area contributed by atoms with Crippen LogP contribution in [0.1, 0.15) is 62.0 Å². The molecule has 0 bridgehead atoms. The van der Waals surface area contributed by atoms with Crippen LogP contribution in [0.25, 0.3) is 0 Å². The van der Waals surface area contributed by atoms with Gasteiger partial charge < -0.3 is 25.1 Å². The molecule has 2 saturated heterocycles. The van der Waals surface area contributed by atoms with Crippen LogP contribution >= 0.6 is 11.6 Å². The first-order chi connectivity index (χ1) is 18.3. The number of halogens is 1. The lowest BCUT2D eigenvalue weighted by atomic mass is 9.99. The summed E-state index contributed by atoms with van der Waals surface area (Å²) in [5, 5.41) is 14.7. The SMILES string of the molecule is CC(=O)N1CCC(N[C@H](Cc2ccc(Cl)cc2)C(=O)N2CCN(c3ncnc4c3[C@H](C)C[C@H]4O)CC2)CC1. The third kappa shape index (κ3) is 5.80. The Morgan fingerprint density at radius 1 is 1.05 bits per heavy atom. The second-order valence-electron chi connectivity index (χ2n) is 10.8. The molecule has 2 aromatic rings. The second-order valence-corrected chi connectivity index (χ2v) is 11.2. The number of likely N-dealkylation sites (tertiary alicyclic amines) is 1. The third-order valence-electron chi connectivity index (χ3n) is 8.20. The Labute approximate surface area is 229 Å². The minimum Gasteiger partial charge on any atom is -0.387 e. The van der Waals surface area contributed by atoms with E-state index in [-0.39, 0.29) is 29.8 Å². The molecule has 204 valence electrons. The molecule has 9 nitrogen and oxygen atoms in total. The zero-order valence-corrected chi connectivity index (χ0v) is 22.9. The molecule has 1 aliphatic carbocycles. The number of anilines is 1. The van der Waals surface area contributed by atoms with Gasteiger partial charge in [-0.15, -0.1) is 0 Å². The van der Waals surface area contributed by atoms with Crippen LogP contribution in [0, 0.1) is 0 Å². The third-order valence-corrected chi connectivity index (χ3v) is 8.45. The molecule has 0 radical (unpaired) electrons. The molecule has 3 atom stereocenters. The number of hydrogen-bond acceptors (Lipinski definition) is 7. The van der Waals surface area contributed by atoms with Gasteiger partial charge in [0.05, 0.1) is 17.8 Å². The summed E-state index contributed by atoms with van der Waals surface area (Å²) < 4.78 is 0. The first kappa shape index (κ1) is 26.8. The van der Waals surface area contributed by atoms with Crippen molar-refractivity contribution < 1.29 is 14.7 Å². The van der Waals surface area contributed by atoms with Crippen LogP contribution in [-0.4, -0.2) is 88.0 Å². The summed E-state index contributed by atoms with van der Waals surface area (Å²) in [6.07, 6.45) is 3.92. The summed E-state index contributed by atoms with van der Waals surface area (Å²) >= 11 is 6.09. The average molecular weight is 541 g/mol. The van der Waals surface area contributed by atoms with E-state index >= 15 is 0 Å². The molecule has 2 fully saturated rings. The number of carbonyl (C=O) groups is 2. The van der Waals surface area contributed by atoms with Crippen molar-refractivity contribution in [2.24, 2.45) is 0 Å². The van der Waals surface area contributed by atoms with Crippen LogP contribution in [0.5, 0.6) is 0 Å². The van der Waals surface area contributed by atoms with E-state index < -0.39 is 6.10 Å². The van der Waals surface area contributed by atoms with Crippen molar-refractivity contribution in [3.05, 3.63) is 52.4 Å². The van der Waals surface area contributed by atoms with Gasteiger partial charge in [0.25, 0.3) is 0 Å². The normalized spacial score (nSPS) is 22.9. The maximum absolute atomic E-state index is 13.8. The smallest absolute Gasteiger partial charge is 0.240 e. The van der Waals surface area contributed by atoms with Gasteiger partial charge >= 0.3 is 0 Å². The van der Waals surface area contributed by atoms with E-state index in [0.717, 1.165) is 35.5 Å². The number of nitrogens with one attached hydrogen (secondary N) is 1. The highest BCUT2D eigenvalue weighted by Crippen LogP contribution is 2.42. The molecular weight excluding hydrogens is 504 g/mol. The van der Waals surface area contributed by atoms with Crippen LogP contribution in [0.15, 0.2) is 30.6 Å². The number of aliphatic hydroxyl groups is 1. The summed E-state index contributed by atoms with van der Waals surface area (Å²) in [7, 11) is 0. The number of aliphatic hydroxyl groups excluding tert-OH is 1. The van der Waals surface area contributed by atoms with Crippen LogP contribution in [-0.2, 0) is 16.0 Å². The molecule has 0 spiro atoms. The summed E-state index contributed by atoms with van der Waals surface area (Å²) in [5.74, 6) is 1.30. The number of nitrogens with zero attached hydrogens (tertiary/aromatic N) is 5. The molecule has 2 amide bonds. The van der Waals surface area contributed by atoms with Crippen molar-refractivity contribution in [3.8, 4) is 0 Å². The van der Waals surface area contributed by atoms with Gasteiger partial charge in [-0.05, 0) is 49.3 Å². The minimum atomic E-state index is -0.536. The number of piperidine rings is 1. The van der Waals surface area contributed by atoms with Crippen LogP contribution in [0.3, 0.4) is 0 Å². The molecule has 10 heteroatoms. The lowest BCUT2D eigenvalue weighted by molar-refractivity contribution is -0.134. The van der Waals surface area contributed by atoms with E-state index in [1.54, 1.807) is 6.92 Å². The Morgan fingerprint density at radius 2 is 1.74 bits per heavy atom. The van der Waals surface area contributed by atoms with Crippen LogP contribution in [0.4, 0.5) is 5.82 Å². The Morgan fingerprint density at radius 3 is 2.39 bits per heavy atom. The Kier molecular flexibility index (Phi) is 8.16. The van der Waals surface area contributed by atoms with E-state index in [1.807, 2.05) is 34.1 Å². The number of benzene rings is 1. The van der Waals surface area contributed by atoms with Gasteiger partial charge in [-0.3, -0.25) is 9.59 Å². The standard InChI is InChI=1S/C28H37ClN6O3/c1-18-15-24(37)26-25(18)27(31-17-30-26)34-11-13-35(14-12-34)28(38)23(16-20-3-5-21(29)6-4-20)32-22-7-9-33(10-8-22)19(2)36/h3-6,17-18,22-24,32,37H,7-16H2,1-2H3/t18-,23-,24-/m1/s1. The molecule has 0 saturated carbocycles. The summed E-state index contributed by atoms with van der Waals surface area (Å²) in [6.45, 7) is 7.72. The zero-order valence-electron chi connectivity index (χ0n) is 22.1. The van der Waals surface area contributed by atoms with Crippen molar-refractivity contribution in [3.63, 3.8) is 0 Å². The van der Waals surface area contributed by atoms with E-state index in [2.05, 4.69) is 27.1 Å². The molecular formula is C28H37ClN6O3. The highest BCUT2D eigenvalue weighted by Gasteiger charge is 2.35. The number of fused-ring (bicyclic) bond motifs is 1. The lowest BCUT2D eigenvalue weighted by Gasteiger charge is -2.39. The number of piperazine rings is 1. The van der Waals surface area contributed by atoms with Crippen molar-refractivity contribution in [1.82, 2.24) is 25.1 Å². The largest absolute Gasteiger partial charge is 0.387 e. The second kappa shape index (κ2) is 11.6. The molecule has 2 aliphatic heterocycles. The van der Waals surface area contributed by atoms with E-state index in [0.29, 0.717) is 57.1 Å². The molecule has 2 N–H and O–H groups in total. The quantitative estimate of drug-likeness (QED) is 0.580. The number of rotatable bonds is 6. The van der Waals surface area contributed by atoms with Gasteiger partial charge in [0.15, 0.2) is 0 Å². The fraction of sp³-hybridized carbons (Fsp3) is 0.571. The summed E-state index contributed by atoms with van der Waals surface area (Å²) in [4.78, 5) is 40.5. The van der Waals surface area contributed by atoms with Crippen molar-refractivity contribution in [2.75, 3.05) is 44.2 Å². The molecule has 3 heterocycles. The maximum Gasteiger partial charge on any atom is 0.240 e. The molecule has 3 aliphatic rings. The Bertz CT molecular complexity index is 1150.